The Morgan fingerprint density at radius 1 is 0.900 bits per heavy atom. The number of nitrogens with zero attached hydrogens (tertiary/aromatic N) is 1. The maximum atomic E-state index is 11.0. The van der Waals surface area contributed by atoms with Crippen LogP contribution in [0.25, 0.3) is 33.2 Å². The number of fused-ring (bicyclic) bond motifs is 1. The van der Waals surface area contributed by atoms with Crippen molar-refractivity contribution in [3.8, 4) is 22.3 Å². The number of benzene rings is 3. The molecule has 0 bridgehead atoms. The van der Waals surface area contributed by atoms with E-state index in [1.807, 2.05) is 30.3 Å². The second-order valence-corrected chi connectivity index (χ2v) is 7.35. The van der Waals surface area contributed by atoms with Crippen LogP contribution in [0.1, 0.15) is 18.9 Å². The molecule has 0 unspecified atom stereocenters. The Bertz CT molecular complexity index is 1190. The van der Waals surface area contributed by atoms with E-state index in [1.165, 1.54) is 11.1 Å². The van der Waals surface area contributed by atoms with Gasteiger partial charge in [0.15, 0.2) is 0 Å². The van der Waals surface area contributed by atoms with E-state index in [0.29, 0.717) is 5.82 Å². The van der Waals surface area contributed by atoms with Crippen LogP contribution in [-0.4, -0.2) is 22.6 Å². The number of aryl methyl sites for hydroxylation is 1. The highest BCUT2D eigenvalue weighted by Gasteiger charge is 2.11. The lowest BCUT2D eigenvalue weighted by Crippen LogP contribution is -2.13. The number of nitrogens with one attached hydrogen (secondary N) is 1. The summed E-state index contributed by atoms with van der Waals surface area (Å²) in [6, 6.07) is 27.0. The average Bonchev–Trinajstić information content (AvgIpc) is 2.78. The van der Waals surface area contributed by atoms with Crippen molar-refractivity contribution in [2.45, 2.75) is 19.8 Å². The molecule has 1 heterocycles. The third-order valence-corrected chi connectivity index (χ3v) is 5.11. The maximum Gasteiger partial charge on any atom is 0.322 e. The number of rotatable bonds is 7. The van der Waals surface area contributed by atoms with Gasteiger partial charge in [-0.25, -0.2) is 4.98 Å². The third-order valence-electron chi connectivity index (χ3n) is 5.11. The van der Waals surface area contributed by atoms with Gasteiger partial charge >= 0.3 is 5.97 Å². The largest absolute Gasteiger partial charge is 0.480 e. The van der Waals surface area contributed by atoms with Crippen LogP contribution >= 0.6 is 0 Å². The van der Waals surface area contributed by atoms with Crippen molar-refractivity contribution in [2.24, 2.45) is 0 Å². The van der Waals surface area contributed by atoms with Crippen LogP contribution in [0, 0.1) is 0 Å². The number of aromatic nitrogens is 1. The topological polar surface area (TPSA) is 62.2 Å². The molecule has 0 radical (unpaired) electrons. The molecule has 0 aliphatic carbocycles. The van der Waals surface area contributed by atoms with Gasteiger partial charge in [-0.05, 0) is 52.4 Å². The number of hydrogen-bond acceptors (Lipinski definition) is 3. The number of pyridine rings is 1. The normalized spacial score (nSPS) is 10.8. The minimum Gasteiger partial charge on any atom is -0.480 e. The van der Waals surface area contributed by atoms with Crippen molar-refractivity contribution in [3.63, 3.8) is 0 Å². The van der Waals surface area contributed by atoms with Crippen LogP contribution in [0.5, 0.6) is 0 Å². The van der Waals surface area contributed by atoms with Gasteiger partial charge in [-0.2, -0.15) is 0 Å². The zero-order valence-electron chi connectivity index (χ0n) is 16.9. The first-order valence-corrected chi connectivity index (χ1v) is 10.2. The van der Waals surface area contributed by atoms with Gasteiger partial charge in [0, 0.05) is 5.39 Å². The maximum absolute atomic E-state index is 11.0. The van der Waals surface area contributed by atoms with Crippen LogP contribution in [0.15, 0.2) is 78.9 Å². The summed E-state index contributed by atoms with van der Waals surface area (Å²) >= 11 is 0. The zero-order chi connectivity index (χ0) is 20.9. The van der Waals surface area contributed by atoms with E-state index in [4.69, 9.17) is 5.11 Å². The lowest BCUT2D eigenvalue weighted by molar-refractivity contribution is -0.134. The Balaban J connectivity index is 1.85. The predicted octanol–water partition coefficient (Wildman–Crippen LogP) is 6.02. The molecule has 0 amide bonds. The molecule has 4 rings (SSSR count). The van der Waals surface area contributed by atoms with Crippen LogP contribution in [0.3, 0.4) is 0 Å². The van der Waals surface area contributed by atoms with Crippen molar-refractivity contribution in [1.29, 1.82) is 0 Å². The third kappa shape index (κ3) is 4.33. The molecule has 150 valence electrons. The molecule has 0 aliphatic heterocycles. The monoisotopic (exact) mass is 396 g/mol. The van der Waals surface area contributed by atoms with Gasteiger partial charge in [-0.15, -0.1) is 0 Å². The summed E-state index contributed by atoms with van der Waals surface area (Å²) in [5, 5.41) is 13.0. The second-order valence-electron chi connectivity index (χ2n) is 7.35. The highest BCUT2D eigenvalue weighted by molar-refractivity contribution is 5.98. The molecule has 0 spiro atoms. The van der Waals surface area contributed by atoms with Gasteiger partial charge < -0.3 is 10.4 Å². The lowest BCUT2D eigenvalue weighted by Gasteiger charge is -2.13. The number of aliphatic carboxylic acids is 1. The summed E-state index contributed by atoms with van der Waals surface area (Å²) in [6.45, 7) is 2.02. The number of carboxylic acids is 1. The fraction of sp³-hybridized carbons (Fsp3) is 0.154. The SMILES string of the molecule is CCCc1cccc(-c2ccc3nc(NCC(=O)O)cc(-c4ccccc4)c3c2)c1. The summed E-state index contributed by atoms with van der Waals surface area (Å²) in [4.78, 5) is 15.6. The first-order chi connectivity index (χ1) is 14.6. The Morgan fingerprint density at radius 2 is 1.67 bits per heavy atom. The summed E-state index contributed by atoms with van der Waals surface area (Å²) in [5.41, 5.74) is 6.60. The highest BCUT2D eigenvalue weighted by Crippen LogP contribution is 2.33. The molecule has 0 aliphatic rings. The summed E-state index contributed by atoms with van der Waals surface area (Å²) in [5.74, 6) is -0.359. The number of carboxylic acid groups (broad SMARTS) is 1. The molecule has 4 nitrogen and oxygen atoms in total. The van der Waals surface area contributed by atoms with E-state index < -0.39 is 5.97 Å². The molecule has 4 heteroatoms. The van der Waals surface area contributed by atoms with E-state index in [2.05, 4.69) is 65.8 Å². The molecule has 2 N–H and O–H groups in total. The zero-order valence-corrected chi connectivity index (χ0v) is 16.9. The molecular formula is C26H24N2O2. The first-order valence-electron chi connectivity index (χ1n) is 10.2. The fourth-order valence-electron chi connectivity index (χ4n) is 3.71. The van der Waals surface area contributed by atoms with Crippen molar-refractivity contribution in [3.05, 3.63) is 84.4 Å². The summed E-state index contributed by atoms with van der Waals surface area (Å²) < 4.78 is 0. The van der Waals surface area contributed by atoms with Gasteiger partial charge in [0.25, 0.3) is 0 Å². The number of hydrogen-bond donors (Lipinski definition) is 2. The van der Waals surface area contributed by atoms with Crippen LogP contribution in [0.2, 0.25) is 0 Å². The minimum absolute atomic E-state index is 0.172. The molecule has 0 saturated carbocycles. The van der Waals surface area contributed by atoms with Crippen molar-refractivity contribution in [2.75, 3.05) is 11.9 Å². The molecule has 0 saturated heterocycles. The molecule has 30 heavy (non-hydrogen) atoms. The fourth-order valence-corrected chi connectivity index (χ4v) is 3.71. The molecular weight excluding hydrogens is 372 g/mol. The molecule has 0 atom stereocenters. The van der Waals surface area contributed by atoms with Gasteiger partial charge in [0.2, 0.25) is 0 Å². The van der Waals surface area contributed by atoms with Crippen LogP contribution in [-0.2, 0) is 11.2 Å². The Labute approximate surface area is 176 Å². The van der Waals surface area contributed by atoms with Crippen molar-refractivity contribution >= 4 is 22.7 Å². The molecule has 4 aromatic rings. The van der Waals surface area contributed by atoms with E-state index in [1.54, 1.807) is 0 Å². The standard InChI is InChI=1S/C26H24N2O2/c1-2-7-18-8-6-11-20(14-18)21-12-13-24-23(15-21)22(19-9-4-3-5-10-19)16-25(28-24)27-17-26(29)30/h3-6,8-16H,2,7,17H2,1H3,(H,27,28)(H,29,30). The van der Waals surface area contributed by atoms with Crippen molar-refractivity contribution in [1.82, 2.24) is 4.98 Å². The van der Waals surface area contributed by atoms with Crippen LogP contribution in [0.4, 0.5) is 5.82 Å². The smallest absolute Gasteiger partial charge is 0.322 e. The minimum atomic E-state index is -0.916. The quantitative estimate of drug-likeness (QED) is 0.401. The van der Waals surface area contributed by atoms with Gasteiger partial charge in [0.1, 0.15) is 12.4 Å². The second kappa shape index (κ2) is 8.78. The summed E-state index contributed by atoms with van der Waals surface area (Å²) in [7, 11) is 0. The van der Waals surface area contributed by atoms with E-state index in [9.17, 15) is 4.79 Å². The van der Waals surface area contributed by atoms with Crippen molar-refractivity contribution < 1.29 is 9.90 Å². The van der Waals surface area contributed by atoms with E-state index in [-0.39, 0.29) is 6.54 Å². The van der Waals surface area contributed by atoms with E-state index in [0.717, 1.165) is 40.4 Å². The van der Waals surface area contributed by atoms with Gasteiger partial charge in [0.05, 0.1) is 5.52 Å². The number of carbonyl (C=O) groups is 1. The Morgan fingerprint density at radius 3 is 2.43 bits per heavy atom. The first kappa shape index (κ1) is 19.6. The predicted molar refractivity (Wildman–Crippen MR) is 123 cm³/mol. The van der Waals surface area contributed by atoms with Gasteiger partial charge in [-0.1, -0.05) is 74.0 Å². The average molecular weight is 396 g/mol. The molecule has 0 fully saturated rings. The Kier molecular flexibility index (Phi) is 5.75. The Hall–Kier alpha value is -3.66. The number of anilines is 1. The van der Waals surface area contributed by atoms with E-state index >= 15 is 0 Å². The highest BCUT2D eigenvalue weighted by atomic mass is 16.4. The van der Waals surface area contributed by atoms with Crippen LogP contribution < -0.4 is 5.32 Å². The summed E-state index contributed by atoms with van der Waals surface area (Å²) in [6.07, 6.45) is 2.19. The van der Waals surface area contributed by atoms with Gasteiger partial charge in [-0.3, -0.25) is 4.79 Å². The lowest BCUT2D eigenvalue weighted by atomic mass is 9.96. The molecule has 3 aromatic carbocycles. The molecule has 1 aromatic heterocycles.